The number of aromatic nitrogens is 1. The lowest BCUT2D eigenvalue weighted by Crippen LogP contribution is -2.30. The normalized spacial score (nSPS) is 12.4. The van der Waals surface area contributed by atoms with Crippen molar-refractivity contribution < 1.29 is 23.9 Å². The van der Waals surface area contributed by atoms with Crippen molar-refractivity contribution in [2.45, 2.75) is 4.90 Å². The van der Waals surface area contributed by atoms with Crippen LogP contribution in [0.15, 0.2) is 114 Å². The van der Waals surface area contributed by atoms with Gasteiger partial charge in [-0.15, -0.1) is 11.8 Å². The molecule has 0 fully saturated rings. The third-order valence-corrected chi connectivity index (χ3v) is 7.77. The lowest BCUT2D eigenvalue weighted by molar-refractivity contribution is -0.114. The second kappa shape index (κ2) is 13.2. The Morgan fingerprint density at radius 3 is 2.34 bits per heavy atom. The molecule has 0 saturated carbocycles. The van der Waals surface area contributed by atoms with Crippen LogP contribution in [0.25, 0.3) is 17.0 Å². The fraction of sp³-hybridized carbons (Fsp3) is 0.0882. The van der Waals surface area contributed by atoms with Crippen LogP contribution in [0.2, 0.25) is 0 Å². The lowest BCUT2D eigenvalue weighted by Gasteiger charge is -2.19. The third-order valence-electron chi connectivity index (χ3n) is 6.76. The number of carbonyl (C=O) groups is 3. The predicted octanol–water partition coefficient (Wildman–Crippen LogP) is 6.08. The maximum atomic E-state index is 13.4. The second-order valence-electron chi connectivity index (χ2n) is 9.84. The Balaban J connectivity index is 1.10. The van der Waals surface area contributed by atoms with Crippen molar-refractivity contribution in [3.05, 3.63) is 120 Å². The van der Waals surface area contributed by atoms with Gasteiger partial charge in [0.2, 0.25) is 5.91 Å². The molecule has 4 aromatic carbocycles. The summed E-state index contributed by atoms with van der Waals surface area (Å²) in [6, 6.07) is 28.9. The van der Waals surface area contributed by atoms with E-state index in [0.717, 1.165) is 21.4 Å². The molecule has 3 amide bonds. The molecule has 6 rings (SSSR count). The zero-order valence-corrected chi connectivity index (χ0v) is 24.3. The van der Waals surface area contributed by atoms with Crippen molar-refractivity contribution in [3.63, 3.8) is 0 Å². The van der Waals surface area contributed by atoms with Crippen LogP contribution in [-0.4, -0.2) is 41.7 Å². The van der Waals surface area contributed by atoms with Gasteiger partial charge in [0.25, 0.3) is 11.8 Å². The molecule has 1 aromatic heterocycles. The summed E-state index contributed by atoms with van der Waals surface area (Å²) in [5.74, 6) is 0.439. The van der Waals surface area contributed by atoms with Crippen LogP contribution in [0.1, 0.15) is 15.9 Å². The fourth-order valence-corrected chi connectivity index (χ4v) is 5.31. The van der Waals surface area contributed by atoms with E-state index in [9.17, 15) is 14.4 Å². The van der Waals surface area contributed by atoms with Gasteiger partial charge in [-0.3, -0.25) is 14.4 Å². The van der Waals surface area contributed by atoms with Gasteiger partial charge in [-0.2, -0.15) is 0 Å². The van der Waals surface area contributed by atoms with Crippen LogP contribution in [0.5, 0.6) is 11.5 Å². The van der Waals surface area contributed by atoms with Crippen molar-refractivity contribution in [1.82, 2.24) is 10.3 Å². The van der Waals surface area contributed by atoms with E-state index in [1.54, 1.807) is 66.9 Å². The van der Waals surface area contributed by atoms with Gasteiger partial charge in [0, 0.05) is 50.6 Å². The largest absolute Gasteiger partial charge is 0.486 e. The van der Waals surface area contributed by atoms with Crippen LogP contribution in [0, 0.1) is 0 Å². The number of para-hydroxylation sites is 1. The number of ether oxygens (including phenoxy) is 2. The molecule has 4 N–H and O–H groups in total. The summed E-state index contributed by atoms with van der Waals surface area (Å²) in [4.78, 5) is 43.0. The molecule has 0 atom stereocenters. The Morgan fingerprint density at radius 2 is 1.52 bits per heavy atom. The Hall–Kier alpha value is -5.48. The lowest BCUT2D eigenvalue weighted by atomic mass is 10.1. The number of hydrogen-bond acceptors (Lipinski definition) is 6. The fourth-order valence-electron chi connectivity index (χ4n) is 4.61. The molecule has 2 heterocycles. The molecule has 5 aromatic rings. The zero-order valence-electron chi connectivity index (χ0n) is 23.5. The summed E-state index contributed by atoms with van der Waals surface area (Å²) >= 11 is 1.37. The van der Waals surface area contributed by atoms with E-state index in [1.165, 1.54) is 11.8 Å². The number of amides is 3. The van der Waals surface area contributed by atoms with Gasteiger partial charge in [0.1, 0.15) is 18.9 Å². The van der Waals surface area contributed by atoms with Crippen molar-refractivity contribution in [1.29, 1.82) is 0 Å². The maximum absolute atomic E-state index is 13.4. The molecule has 44 heavy (non-hydrogen) atoms. The van der Waals surface area contributed by atoms with Gasteiger partial charge in [-0.25, -0.2) is 0 Å². The standard InChI is InChI=1S/C34H28N4O5S/c39-32(36-25-12-15-30-31(19-25)43-17-16-42-30)21-44-26-13-10-24(11-14-26)37-34(41)29(38-33(40)22-6-2-1-3-7-22)18-23-20-35-28-9-5-4-8-27(23)28/h1-15,18-20,35H,16-17,21H2,(H,36,39)(H,37,41)(H,38,40)/b29-18-. The monoisotopic (exact) mass is 604 g/mol. The summed E-state index contributed by atoms with van der Waals surface area (Å²) < 4.78 is 11.1. The smallest absolute Gasteiger partial charge is 0.272 e. The minimum Gasteiger partial charge on any atom is -0.486 e. The van der Waals surface area contributed by atoms with Crippen LogP contribution in [0.3, 0.4) is 0 Å². The highest BCUT2D eigenvalue weighted by Crippen LogP contribution is 2.32. The molecule has 0 bridgehead atoms. The van der Waals surface area contributed by atoms with Gasteiger partial charge in [0.15, 0.2) is 11.5 Å². The Morgan fingerprint density at radius 1 is 0.795 bits per heavy atom. The number of benzene rings is 4. The summed E-state index contributed by atoms with van der Waals surface area (Å²) in [7, 11) is 0. The van der Waals surface area contributed by atoms with Crippen molar-refractivity contribution in [2.24, 2.45) is 0 Å². The van der Waals surface area contributed by atoms with Crippen molar-refractivity contribution >= 4 is 57.8 Å². The van der Waals surface area contributed by atoms with E-state index in [-0.39, 0.29) is 17.4 Å². The second-order valence-corrected chi connectivity index (χ2v) is 10.9. The van der Waals surface area contributed by atoms with Crippen LogP contribution in [-0.2, 0) is 9.59 Å². The highest BCUT2D eigenvalue weighted by molar-refractivity contribution is 8.00. The van der Waals surface area contributed by atoms with Gasteiger partial charge < -0.3 is 30.4 Å². The summed E-state index contributed by atoms with van der Waals surface area (Å²) in [5, 5.41) is 9.43. The number of rotatable bonds is 9. The van der Waals surface area contributed by atoms with Gasteiger partial charge in [-0.05, 0) is 60.7 Å². The zero-order chi connectivity index (χ0) is 30.3. The van der Waals surface area contributed by atoms with Crippen LogP contribution >= 0.6 is 11.8 Å². The minimum atomic E-state index is -0.473. The molecular formula is C34H28N4O5S. The summed E-state index contributed by atoms with van der Waals surface area (Å²) in [5.41, 5.74) is 3.39. The van der Waals surface area contributed by atoms with E-state index in [1.807, 2.05) is 42.5 Å². The number of carbonyl (C=O) groups excluding carboxylic acids is 3. The molecule has 0 aliphatic carbocycles. The quantitative estimate of drug-likeness (QED) is 0.120. The predicted molar refractivity (Wildman–Crippen MR) is 172 cm³/mol. The van der Waals surface area contributed by atoms with Crippen molar-refractivity contribution in [2.75, 3.05) is 29.6 Å². The Kier molecular flexibility index (Phi) is 8.60. The number of H-pyrrole nitrogens is 1. The molecule has 9 nitrogen and oxygen atoms in total. The molecule has 0 unspecified atom stereocenters. The Labute approximate surface area is 257 Å². The number of anilines is 2. The molecule has 220 valence electrons. The minimum absolute atomic E-state index is 0.0952. The molecule has 10 heteroatoms. The van der Waals surface area contributed by atoms with E-state index >= 15 is 0 Å². The van der Waals surface area contributed by atoms with Gasteiger partial charge in [-0.1, -0.05) is 36.4 Å². The van der Waals surface area contributed by atoms with E-state index in [4.69, 9.17) is 9.47 Å². The number of thioether (sulfide) groups is 1. The van der Waals surface area contributed by atoms with Crippen LogP contribution in [0.4, 0.5) is 11.4 Å². The first kappa shape index (κ1) is 28.6. The molecule has 0 radical (unpaired) electrons. The van der Waals surface area contributed by atoms with Crippen LogP contribution < -0.4 is 25.4 Å². The highest BCUT2D eigenvalue weighted by atomic mass is 32.2. The molecule has 0 saturated heterocycles. The van der Waals surface area contributed by atoms with Gasteiger partial charge >= 0.3 is 0 Å². The van der Waals surface area contributed by atoms with E-state index in [2.05, 4.69) is 20.9 Å². The Bertz CT molecular complexity index is 1850. The maximum Gasteiger partial charge on any atom is 0.272 e. The average molecular weight is 605 g/mol. The number of fused-ring (bicyclic) bond motifs is 2. The molecule has 1 aliphatic rings. The number of hydrogen-bond donors (Lipinski definition) is 4. The average Bonchev–Trinajstić information content (AvgIpc) is 3.47. The van der Waals surface area contributed by atoms with Gasteiger partial charge in [0.05, 0.1) is 5.75 Å². The molecular weight excluding hydrogens is 576 g/mol. The van der Waals surface area contributed by atoms with E-state index in [0.29, 0.717) is 41.7 Å². The third kappa shape index (κ3) is 6.93. The van der Waals surface area contributed by atoms with E-state index < -0.39 is 11.8 Å². The number of nitrogens with one attached hydrogen (secondary N) is 4. The first-order valence-electron chi connectivity index (χ1n) is 13.9. The van der Waals surface area contributed by atoms with Crippen molar-refractivity contribution in [3.8, 4) is 11.5 Å². The molecule has 1 aliphatic heterocycles. The first-order chi connectivity index (χ1) is 21.5. The summed E-state index contributed by atoms with van der Waals surface area (Å²) in [6.45, 7) is 0.978. The first-order valence-corrected chi connectivity index (χ1v) is 14.9. The molecule has 0 spiro atoms. The highest BCUT2D eigenvalue weighted by Gasteiger charge is 2.17. The summed E-state index contributed by atoms with van der Waals surface area (Å²) in [6.07, 6.45) is 3.45. The topological polar surface area (TPSA) is 122 Å². The number of aromatic amines is 1. The SMILES string of the molecule is O=C(CSc1ccc(NC(=O)/C(=C/c2c[nH]c3ccccc23)NC(=O)c2ccccc2)cc1)Nc1ccc2c(c1)OCCO2.